The number of aliphatic hydroxyl groups excluding tert-OH is 1. The number of carbonyl (C=O) groups excluding carboxylic acids is 2. The van der Waals surface area contributed by atoms with Crippen molar-refractivity contribution in [2.45, 2.75) is 70.2 Å². The van der Waals surface area contributed by atoms with E-state index in [1.807, 2.05) is 39.2 Å². The summed E-state index contributed by atoms with van der Waals surface area (Å²) in [5.41, 5.74) is 12.9. The van der Waals surface area contributed by atoms with Crippen molar-refractivity contribution < 1.29 is 14.7 Å². The third kappa shape index (κ3) is 4.43. The SMILES string of the molecule is CNCc1cn(-c2ccc(C(N)=O)c(NC3CCC(O)CC3)c2)c2c1C(=O)N(NC)C(C)(C)C2. The van der Waals surface area contributed by atoms with Gasteiger partial charge in [0.25, 0.3) is 11.8 Å². The molecule has 4 rings (SSSR count). The van der Waals surface area contributed by atoms with Crippen molar-refractivity contribution in [3.63, 3.8) is 0 Å². The summed E-state index contributed by atoms with van der Waals surface area (Å²) in [5, 5.41) is 18.2. The molecular weight excluding hydrogens is 432 g/mol. The zero-order valence-electron chi connectivity index (χ0n) is 20.4. The summed E-state index contributed by atoms with van der Waals surface area (Å²) in [5.74, 6) is -0.540. The molecule has 1 fully saturated rings. The van der Waals surface area contributed by atoms with Gasteiger partial charge >= 0.3 is 0 Å². The van der Waals surface area contributed by atoms with Gasteiger partial charge in [0.1, 0.15) is 0 Å². The lowest BCUT2D eigenvalue weighted by Gasteiger charge is -2.42. The molecule has 2 heterocycles. The Bertz CT molecular complexity index is 1080. The van der Waals surface area contributed by atoms with E-state index >= 15 is 0 Å². The Morgan fingerprint density at radius 1 is 1.21 bits per heavy atom. The zero-order chi connectivity index (χ0) is 24.6. The number of aliphatic hydroxyl groups is 1. The molecule has 1 aliphatic carbocycles. The maximum atomic E-state index is 13.4. The van der Waals surface area contributed by atoms with Crippen molar-refractivity contribution in [3.8, 4) is 5.69 Å². The topological polar surface area (TPSA) is 125 Å². The number of hydrogen-bond donors (Lipinski definition) is 5. The number of carbonyl (C=O) groups is 2. The lowest BCUT2D eigenvalue weighted by Crippen LogP contribution is -2.58. The highest BCUT2D eigenvalue weighted by Crippen LogP contribution is 2.35. The smallest absolute Gasteiger partial charge is 0.270 e. The zero-order valence-corrected chi connectivity index (χ0v) is 20.4. The molecule has 6 N–H and O–H groups in total. The van der Waals surface area contributed by atoms with Crippen LogP contribution in [0.3, 0.4) is 0 Å². The van der Waals surface area contributed by atoms with Crippen LogP contribution in [0.4, 0.5) is 5.69 Å². The van der Waals surface area contributed by atoms with Crippen LogP contribution in [-0.4, -0.2) is 58.3 Å². The van der Waals surface area contributed by atoms with Crippen LogP contribution in [0.1, 0.15) is 71.5 Å². The van der Waals surface area contributed by atoms with Gasteiger partial charge in [-0.05, 0) is 70.3 Å². The van der Waals surface area contributed by atoms with Gasteiger partial charge in [-0.25, -0.2) is 5.43 Å². The number of nitrogens with two attached hydrogens (primary N) is 1. The summed E-state index contributed by atoms with van der Waals surface area (Å²) < 4.78 is 2.06. The Balaban J connectivity index is 1.78. The number of hydrogen-bond acceptors (Lipinski definition) is 6. The molecular formula is C25H36N6O3. The lowest BCUT2D eigenvalue weighted by atomic mass is 9.89. The van der Waals surface area contributed by atoms with E-state index < -0.39 is 11.4 Å². The van der Waals surface area contributed by atoms with Crippen LogP contribution < -0.4 is 21.8 Å². The number of primary amides is 1. The Hall–Kier alpha value is -2.88. The van der Waals surface area contributed by atoms with Crippen LogP contribution in [0.2, 0.25) is 0 Å². The van der Waals surface area contributed by atoms with Crippen LogP contribution in [-0.2, 0) is 13.0 Å². The van der Waals surface area contributed by atoms with Crippen LogP contribution in [0.25, 0.3) is 5.69 Å². The summed E-state index contributed by atoms with van der Waals surface area (Å²) in [7, 11) is 3.63. The van der Waals surface area contributed by atoms with Crippen LogP contribution >= 0.6 is 0 Å². The fourth-order valence-corrected chi connectivity index (χ4v) is 5.33. The molecule has 9 heteroatoms. The van der Waals surface area contributed by atoms with Gasteiger partial charge in [-0.2, -0.15) is 0 Å². The number of benzene rings is 1. The number of aromatic nitrogens is 1. The largest absolute Gasteiger partial charge is 0.393 e. The van der Waals surface area contributed by atoms with Crippen LogP contribution in [0, 0.1) is 0 Å². The molecule has 2 aliphatic rings. The van der Waals surface area contributed by atoms with E-state index in [1.165, 1.54) is 0 Å². The first-order chi connectivity index (χ1) is 16.2. The first-order valence-electron chi connectivity index (χ1n) is 11.9. The third-order valence-corrected chi connectivity index (χ3v) is 7.00. The highest BCUT2D eigenvalue weighted by atomic mass is 16.3. The molecule has 34 heavy (non-hydrogen) atoms. The Morgan fingerprint density at radius 3 is 2.53 bits per heavy atom. The van der Waals surface area contributed by atoms with Crippen molar-refractivity contribution in [2.24, 2.45) is 5.73 Å². The van der Waals surface area contributed by atoms with Crippen molar-refractivity contribution >= 4 is 17.5 Å². The summed E-state index contributed by atoms with van der Waals surface area (Å²) in [4.78, 5) is 25.6. The minimum Gasteiger partial charge on any atom is -0.393 e. The summed E-state index contributed by atoms with van der Waals surface area (Å²) in [6, 6.07) is 5.73. The predicted octanol–water partition coefficient (Wildman–Crippen LogP) is 1.92. The molecule has 1 aromatic carbocycles. The van der Waals surface area contributed by atoms with Gasteiger partial charge in [0, 0.05) is 49.3 Å². The predicted molar refractivity (Wildman–Crippen MR) is 132 cm³/mol. The molecule has 2 aromatic rings. The van der Waals surface area contributed by atoms with Gasteiger partial charge in [-0.15, -0.1) is 0 Å². The number of hydrazine groups is 1. The first kappa shape index (κ1) is 24.3. The van der Waals surface area contributed by atoms with E-state index in [2.05, 4.69) is 20.6 Å². The molecule has 0 bridgehead atoms. The van der Waals surface area contributed by atoms with E-state index in [4.69, 9.17) is 5.73 Å². The first-order valence-corrected chi connectivity index (χ1v) is 11.9. The molecule has 9 nitrogen and oxygen atoms in total. The highest BCUT2D eigenvalue weighted by molar-refractivity contribution is 6.00. The van der Waals surface area contributed by atoms with E-state index in [9.17, 15) is 14.7 Å². The second-order valence-corrected chi connectivity index (χ2v) is 9.97. The monoisotopic (exact) mass is 468 g/mol. The molecule has 0 atom stereocenters. The number of anilines is 1. The van der Waals surface area contributed by atoms with Gasteiger partial charge < -0.3 is 26.0 Å². The fourth-order valence-electron chi connectivity index (χ4n) is 5.33. The molecule has 1 aromatic heterocycles. The number of nitrogens with one attached hydrogen (secondary N) is 3. The molecule has 184 valence electrons. The molecule has 2 amide bonds. The molecule has 0 saturated heterocycles. The van der Waals surface area contributed by atoms with Gasteiger partial charge in [-0.1, -0.05) is 0 Å². The summed E-state index contributed by atoms with van der Waals surface area (Å²) >= 11 is 0. The standard InChI is InChI=1S/C25H36N6O3/c1-25(2)12-21-22(24(34)31(25)28-4)15(13-27-3)14-30(21)17-7-10-19(23(26)33)20(11-17)29-16-5-8-18(32)9-6-16/h7,10-11,14,16,18,27-29,32H,5-6,8-9,12-13H2,1-4H3,(H2,26,33). The maximum Gasteiger partial charge on any atom is 0.270 e. The van der Waals surface area contributed by atoms with Crippen molar-refractivity contribution in [3.05, 3.63) is 46.8 Å². The minimum absolute atomic E-state index is 0.0504. The summed E-state index contributed by atoms with van der Waals surface area (Å²) in [6.45, 7) is 4.65. The number of rotatable bonds is 7. The van der Waals surface area contributed by atoms with Crippen LogP contribution in [0.5, 0.6) is 0 Å². The highest BCUT2D eigenvalue weighted by Gasteiger charge is 2.41. The van der Waals surface area contributed by atoms with E-state index in [0.29, 0.717) is 29.8 Å². The molecule has 0 spiro atoms. The molecule has 0 unspecified atom stereocenters. The number of fused-ring (bicyclic) bond motifs is 1. The van der Waals surface area contributed by atoms with Crippen molar-refractivity contribution in [2.75, 3.05) is 19.4 Å². The van der Waals surface area contributed by atoms with Crippen molar-refractivity contribution in [1.82, 2.24) is 20.3 Å². The van der Waals surface area contributed by atoms with Crippen LogP contribution in [0.15, 0.2) is 24.4 Å². The lowest BCUT2D eigenvalue weighted by molar-refractivity contribution is 0.0344. The normalized spacial score (nSPS) is 21.9. The Labute approximate surface area is 200 Å². The fraction of sp³-hybridized carbons (Fsp3) is 0.520. The van der Waals surface area contributed by atoms with E-state index in [0.717, 1.165) is 42.6 Å². The quantitative estimate of drug-likeness (QED) is 0.423. The maximum absolute atomic E-state index is 13.4. The number of nitrogens with zero attached hydrogens (tertiary/aromatic N) is 2. The molecule has 1 saturated carbocycles. The Kier molecular flexibility index (Phi) is 6.71. The van der Waals surface area contributed by atoms with E-state index in [1.54, 1.807) is 18.1 Å². The van der Waals surface area contributed by atoms with Gasteiger partial charge in [0.2, 0.25) is 0 Å². The van der Waals surface area contributed by atoms with Gasteiger partial charge in [0.15, 0.2) is 0 Å². The summed E-state index contributed by atoms with van der Waals surface area (Å²) in [6.07, 6.45) is 5.56. The third-order valence-electron chi connectivity index (χ3n) is 7.00. The number of amides is 2. The second kappa shape index (κ2) is 9.40. The second-order valence-electron chi connectivity index (χ2n) is 9.97. The van der Waals surface area contributed by atoms with Gasteiger partial charge in [0.05, 0.1) is 22.8 Å². The Morgan fingerprint density at radius 2 is 1.91 bits per heavy atom. The molecule has 1 aliphatic heterocycles. The van der Waals surface area contributed by atoms with Crippen molar-refractivity contribution in [1.29, 1.82) is 0 Å². The van der Waals surface area contributed by atoms with Gasteiger partial charge in [-0.3, -0.25) is 14.6 Å². The average Bonchev–Trinajstić information content (AvgIpc) is 3.12. The molecule has 0 radical (unpaired) electrons. The van der Waals surface area contributed by atoms with E-state index in [-0.39, 0.29) is 18.1 Å². The average molecular weight is 469 g/mol. The minimum atomic E-state index is -0.490.